The van der Waals surface area contributed by atoms with Gasteiger partial charge in [0, 0.05) is 0 Å². The fourth-order valence-electron chi connectivity index (χ4n) is 2.43. The lowest BCUT2D eigenvalue weighted by atomic mass is 10.1. The number of rotatable bonds is 3. The summed E-state index contributed by atoms with van der Waals surface area (Å²) in [5.41, 5.74) is 4.56. The van der Waals surface area contributed by atoms with Crippen LogP contribution in [-0.2, 0) is 9.59 Å². The van der Waals surface area contributed by atoms with Gasteiger partial charge in [-0.25, -0.2) is 5.01 Å². The predicted octanol–water partition coefficient (Wildman–Crippen LogP) is 2.82. The molecule has 7 heteroatoms. The fraction of sp³-hybridized carbons (Fsp3) is 0.111. The first-order chi connectivity index (χ1) is 11.9. The van der Waals surface area contributed by atoms with Crippen LogP contribution in [0.2, 0.25) is 5.02 Å². The number of ether oxygens (including phenoxy) is 1. The Morgan fingerprint density at radius 1 is 1.20 bits per heavy atom. The maximum atomic E-state index is 12.6. The molecule has 0 spiro atoms. The van der Waals surface area contributed by atoms with Crippen molar-refractivity contribution in [2.45, 2.75) is 6.92 Å². The Kier molecular flexibility index (Phi) is 4.37. The molecule has 0 radical (unpaired) electrons. The second-order valence-electron chi connectivity index (χ2n) is 5.53. The van der Waals surface area contributed by atoms with E-state index in [0.29, 0.717) is 11.3 Å². The van der Waals surface area contributed by atoms with Gasteiger partial charge >= 0.3 is 0 Å². The maximum Gasteiger partial charge on any atom is 0.282 e. The maximum absolute atomic E-state index is 12.6. The summed E-state index contributed by atoms with van der Waals surface area (Å²) in [6, 6.07) is 10.1. The SMILES string of the molecule is COc1cc(/C=C2\C(=O)NN(c3ccc(C)cc3)C2=O)cc(Cl)c1O. The van der Waals surface area contributed by atoms with Gasteiger partial charge in [0.05, 0.1) is 17.8 Å². The molecule has 3 rings (SSSR count). The number of aryl methyl sites for hydroxylation is 1. The highest BCUT2D eigenvalue weighted by atomic mass is 35.5. The van der Waals surface area contributed by atoms with E-state index in [1.165, 1.54) is 30.3 Å². The number of hydrogen-bond donors (Lipinski definition) is 2. The molecule has 0 bridgehead atoms. The number of amides is 2. The largest absolute Gasteiger partial charge is 0.503 e. The lowest BCUT2D eigenvalue weighted by Crippen LogP contribution is -2.35. The van der Waals surface area contributed by atoms with E-state index in [1.807, 2.05) is 19.1 Å². The number of anilines is 1. The Morgan fingerprint density at radius 2 is 1.88 bits per heavy atom. The van der Waals surface area contributed by atoms with Crippen LogP contribution in [0.4, 0.5) is 5.69 Å². The predicted molar refractivity (Wildman–Crippen MR) is 94.5 cm³/mol. The van der Waals surface area contributed by atoms with Crippen molar-refractivity contribution in [2.24, 2.45) is 0 Å². The van der Waals surface area contributed by atoms with Gasteiger partial charge in [0.1, 0.15) is 5.57 Å². The summed E-state index contributed by atoms with van der Waals surface area (Å²) < 4.78 is 5.03. The van der Waals surface area contributed by atoms with E-state index in [1.54, 1.807) is 12.1 Å². The van der Waals surface area contributed by atoms with Crippen molar-refractivity contribution in [2.75, 3.05) is 12.1 Å². The van der Waals surface area contributed by atoms with Gasteiger partial charge < -0.3 is 9.84 Å². The van der Waals surface area contributed by atoms with Crippen LogP contribution in [-0.4, -0.2) is 24.0 Å². The van der Waals surface area contributed by atoms with Crippen molar-refractivity contribution in [3.8, 4) is 11.5 Å². The quantitative estimate of drug-likeness (QED) is 0.653. The molecule has 2 amide bonds. The van der Waals surface area contributed by atoms with Gasteiger partial charge in [-0.3, -0.25) is 15.0 Å². The van der Waals surface area contributed by atoms with Crippen molar-refractivity contribution in [1.29, 1.82) is 0 Å². The van der Waals surface area contributed by atoms with E-state index in [9.17, 15) is 14.7 Å². The third-order valence-electron chi connectivity index (χ3n) is 3.77. The molecule has 2 aromatic rings. The van der Waals surface area contributed by atoms with Crippen molar-refractivity contribution in [1.82, 2.24) is 5.43 Å². The first kappa shape index (κ1) is 16.9. The number of phenols is 1. The summed E-state index contributed by atoms with van der Waals surface area (Å²) in [7, 11) is 1.38. The molecule has 128 valence electrons. The average molecular weight is 359 g/mol. The number of carbonyl (C=O) groups excluding carboxylic acids is 2. The lowest BCUT2D eigenvalue weighted by Gasteiger charge is -2.14. The van der Waals surface area contributed by atoms with Gasteiger partial charge in [0.15, 0.2) is 11.5 Å². The molecule has 0 atom stereocenters. The summed E-state index contributed by atoms with van der Waals surface area (Å²) in [4.78, 5) is 24.8. The minimum atomic E-state index is -0.520. The molecule has 1 aliphatic heterocycles. The number of nitrogens with one attached hydrogen (secondary N) is 1. The van der Waals surface area contributed by atoms with Gasteiger partial charge in [0.25, 0.3) is 11.8 Å². The van der Waals surface area contributed by atoms with Crippen molar-refractivity contribution < 1.29 is 19.4 Å². The Hall–Kier alpha value is -2.99. The van der Waals surface area contributed by atoms with Crippen molar-refractivity contribution >= 4 is 35.2 Å². The highest BCUT2D eigenvalue weighted by Crippen LogP contribution is 2.35. The number of benzene rings is 2. The zero-order chi connectivity index (χ0) is 18.1. The van der Waals surface area contributed by atoms with E-state index in [0.717, 1.165) is 5.56 Å². The molecule has 0 saturated carbocycles. The number of halogens is 1. The van der Waals surface area contributed by atoms with Crippen LogP contribution in [0.5, 0.6) is 11.5 Å². The van der Waals surface area contributed by atoms with E-state index >= 15 is 0 Å². The minimum Gasteiger partial charge on any atom is -0.503 e. The zero-order valence-corrected chi connectivity index (χ0v) is 14.3. The third kappa shape index (κ3) is 3.16. The highest BCUT2D eigenvalue weighted by molar-refractivity contribution is 6.33. The third-order valence-corrected chi connectivity index (χ3v) is 4.05. The van der Waals surface area contributed by atoms with Crippen LogP contribution >= 0.6 is 11.6 Å². The Balaban J connectivity index is 1.96. The van der Waals surface area contributed by atoms with Gasteiger partial charge in [-0.2, -0.15) is 0 Å². The molecular weight excluding hydrogens is 344 g/mol. The number of carbonyl (C=O) groups is 2. The smallest absolute Gasteiger partial charge is 0.282 e. The van der Waals surface area contributed by atoms with Crippen LogP contribution in [0.3, 0.4) is 0 Å². The van der Waals surface area contributed by atoms with E-state index in [2.05, 4.69) is 5.43 Å². The summed E-state index contributed by atoms with van der Waals surface area (Å²) >= 11 is 5.94. The minimum absolute atomic E-state index is 0.0376. The van der Waals surface area contributed by atoms with Crippen LogP contribution < -0.4 is 15.2 Å². The molecule has 25 heavy (non-hydrogen) atoms. The summed E-state index contributed by atoms with van der Waals surface area (Å²) in [5.74, 6) is -1.04. The Labute approximate surface area is 149 Å². The molecule has 0 aromatic heterocycles. The summed E-state index contributed by atoms with van der Waals surface area (Å²) in [5, 5.41) is 11.0. The second-order valence-corrected chi connectivity index (χ2v) is 5.94. The normalized spacial score (nSPS) is 15.6. The molecule has 6 nitrogen and oxygen atoms in total. The van der Waals surface area contributed by atoms with Gasteiger partial charge in [-0.1, -0.05) is 29.3 Å². The molecule has 1 heterocycles. The molecule has 0 unspecified atom stereocenters. The van der Waals surface area contributed by atoms with Crippen LogP contribution in [0.15, 0.2) is 42.0 Å². The number of nitrogens with zero attached hydrogens (tertiary/aromatic N) is 1. The van der Waals surface area contributed by atoms with Crippen LogP contribution in [0.25, 0.3) is 6.08 Å². The molecule has 0 aliphatic carbocycles. The van der Waals surface area contributed by atoms with Gasteiger partial charge in [-0.15, -0.1) is 0 Å². The number of methoxy groups -OCH3 is 1. The number of hydrazine groups is 1. The number of hydrogen-bond acceptors (Lipinski definition) is 4. The van der Waals surface area contributed by atoms with E-state index in [-0.39, 0.29) is 22.1 Å². The molecule has 2 aromatic carbocycles. The summed E-state index contributed by atoms with van der Waals surface area (Å²) in [6.45, 7) is 1.93. The first-order valence-corrected chi connectivity index (χ1v) is 7.79. The van der Waals surface area contributed by atoms with E-state index < -0.39 is 11.8 Å². The molecule has 1 saturated heterocycles. The van der Waals surface area contributed by atoms with E-state index in [4.69, 9.17) is 16.3 Å². The zero-order valence-electron chi connectivity index (χ0n) is 13.5. The highest BCUT2D eigenvalue weighted by Gasteiger charge is 2.34. The molecule has 1 aliphatic rings. The fourth-order valence-corrected chi connectivity index (χ4v) is 2.65. The van der Waals surface area contributed by atoms with Gasteiger partial charge in [0.2, 0.25) is 0 Å². The number of aromatic hydroxyl groups is 1. The van der Waals surface area contributed by atoms with Crippen molar-refractivity contribution in [3.63, 3.8) is 0 Å². The van der Waals surface area contributed by atoms with Crippen LogP contribution in [0.1, 0.15) is 11.1 Å². The monoisotopic (exact) mass is 358 g/mol. The Morgan fingerprint density at radius 3 is 2.52 bits per heavy atom. The van der Waals surface area contributed by atoms with Crippen molar-refractivity contribution in [3.05, 3.63) is 58.1 Å². The standard InChI is InChI=1S/C18H15ClN2O4/c1-10-3-5-12(6-4-10)21-18(24)13(17(23)20-21)7-11-8-14(19)16(22)15(9-11)25-2/h3-9,22H,1-2H3,(H,20,23)/b13-7+. The first-order valence-electron chi connectivity index (χ1n) is 7.41. The molecular formula is C18H15ClN2O4. The molecule has 2 N–H and O–H groups in total. The number of phenolic OH excluding ortho intramolecular Hbond substituents is 1. The topological polar surface area (TPSA) is 78.9 Å². The Bertz CT molecular complexity index is 891. The second kappa shape index (κ2) is 6.49. The van der Waals surface area contributed by atoms with Gasteiger partial charge in [-0.05, 0) is 42.8 Å². The lowest BCUT2D eigenvalue weighted by molar-refractivity contribution is -0.117. The molecule has 1 fully saturated rings. The summed E-state index contributed by atoms with van der Waals surface area (Å²) in [6.07, 6.45) is 1.40. The van der Waals surface area contributed by atoms with Crippen LogP contribution in [0, 0.1) is 6.92 Å². The average Bonchev–Trinajstić information content (AvgIpc) is 2.86.